The standard InChI is InChI=1S/C22H25ClN6O/c23-16-4-6-17(7-5-16)29-20-15-25-9-8-18(20)21(26-29)28-12-2-1-3-19(28)22(30)27-13-10-24-11-14-27/h4-9,15,19,24H,1-3,10-14H2. The molecule has 2 aliphatic rings. The van der Waals surface area contributed by atoms with Crippen LogP contribution in [-0.2, 0) is 4.79 Å². The van der Waals surface area contributed by atoms with Gasteiger partial charge in [0.05, 0.1) is 17.4 Å². The van der Waals surface area contributed by atoms with E-state index in [0.29, 0.717) is 5.02 Å². The van der Waals surface area contributed by atoms with Crippen LogP contribution < -0.4 is 10.2 Å². The van der Waals surface area contributed by atoms with Gasteiger partial charge < -0.3 is 15.1 Å². The van der Waals surface area contributed by atoms with E-state index in [2.05, 4.69) is 15.2 Å². The first kappa shape index (κ1) is 19.3. The number of nitrogens with zero attached hydrogens (tertiary/aromatic N) is 5. The SMILES string of the molecule is O=C(C1CCCCN1c1nn(-c2ccc(Cl)cc2)c2cnccc12)N1CCNCC1. The van der Waals surface area contributed by atoms with Crippen molar-refractivity contribution in [2.75, 3.05) is 37.6 Å². The first-order valence-electron chi connectivity index (χ1n) is 10.6. The Morgan fingerprint density at radius 1 is 1.07 bits per heavy atom. The zero-order valence-electron chi connectivity index (χ0n) is 16.8. The Morgan fingerprint density at radius 3 is 2.67 bits per heavy atom. The molecule has 2 saturated heterocycles. The second-order valence-corrected chi connectivity index (χ2v) is 8.32. The number of rotatable bonds is 3. The van der Waals surface area contributed by atoms with Gasteiger partial charge in [-0.25, -0.2) is 4.68 Å². The maximum absolute atomic E-state index is 13.4. The van der Waals surface area contributed by atoms with E-state index in [1.807, 2.05) is 46.1 Å². The van der Waals surface area contributed by atoms with Crippen molar-refractivity contribution < 1.29 is 4.79 Å². The van der Waals surface area contributed by atoms with Gasteiger partial charge in [0.1, 0.15) is 6.04 Å². The number of fused-ring (bicyclic) bond motifs is 1. The lowest BCUT2D eigenvalue weighted by molar-refractivity contribution is -0.133. The lowest BCUT2D eigenvalue weighted by atomic mass is 10.00. The molecule has 1 atom stereocenters. The molecule has 1 amide bonds. The normalized spacial score (nSPS) is 20.0. The van der Waals surface area contributed by atoms with E-state index in [9.17, 15) is 4.79 Å². The van der Waals surface area contributed by atoms with Gasteiger partial charge in [-0.3, -0.25) is 9.78 Å². The Hall–Kier alpha value is -2.64. The van der Waals surface area contributed by atoms with Crippen LogP contribution in [0.2, 0.25) is 5.02 Å². The van der Waals surface area contributed by atoms with Crippen LogP contribution in [0.5, 0.6) is 0 Å². The first-order chi connectivity index (χ1) is 14.7. The average Bonchev–Trinajstić information content (AvgIpc) is 3.19. The van der Waals surface area contributed by atoms with Crippen LogP contribution in [0.25, 0.3) is 16.6 Å². The van der Waals surface area contributed by atoms with Gasteiger partial charge in [0.2, 0.25) is 5.91 Å². The molecular formula is C22H25ClN6O. The van der Waals surface area contributed by atoms with Gasteiger partial charge in [-0.15, -0.1) is 5.10 Å². The summed E-state index contributed by atoms with van der Waals surface area (Å²) in [5.41, 5.74) is 1.85. The molecule has 8 heteroatoms. The highest BCUT2D eigenvalue weighted by atomic mass is 35.5. The number of anilines is 1. The highest BCUT2D eigenvalue weighted by Crippen LogP contribution is 2.33. The fourth-order valence-corrected chi connectivity index (χ4v) is 4.60. The summed E-state index contributed by atoms with van der Waals surface area (Å²) in [5.74, 6) is 1.08. The average molecular weight is 425 g/mol. The van der Waals surface area contributed by atoms with E-state index in [1.165, 1.54) is 0 Å². The third-order valence-electron chi connectivity index (χ3n) is 6.02. The number of aromatic nitrogens is 3. The van der Waals surface area contributed by atoms with Gasteiger partial charge in [0.25, 0.3) is 0 Å². The lowest BCUT2D eigenvalue weighted by Crippen LogP contribution is -2.55. The summed E-state index contributed by atoms with van der Waals surface area (Å²) in [4.78, 5) is 21.9. The van der Waals surface area contributed by atoms with Gasteiger partial charge in [-0.2, -0.15) is 0 Å². The van der Waals surface area contributed by atoms with Crippen LogP contribution in [0.3, 0.4) is 0 Å². The van der Waals surface area contributed by atoms with Crippen molar-refractivity contribution >= 4 is 34.2 Å². The summed E-state index contributed by atoms with van der Waals surface area (Å²) in [6.07, 6.45) is 6.61. The van der Waals surface area contributed by atoms with E-state index in [1.54, 1.807) is 6.20 Å². The Kier molecular flexibility index (Phi) is 5.31. The summed E-state index contributed by atoms with van der Waals surface area (Å²) < 4.78 is 1.90. The van der Waals surface area contributed by atoms with E-state index < -0.39 is 0 Å². The minimum Gasteiger partial charge on any atom is -0.343 e. The molecule has 2 aromatic heterocycles. The maximum Gasteiger partial charge on any atom is 0.245 e. The number of carbonyl (C=O) groups excluding carboxylic acids is 1. The molecule has 0 radical (unpaired) electrons. The summed E-state index contributed by atoms with van der Waals surface area (Å²) in [7, 11) is 0. The quantitative estimate of drug-likeness (QED) is 0.700. The van der Waals surface area contributed by atoms with Crippen LogP contribution in [0.4, 0.5) is 5.82 Å². The Labute approximate surface area is 180 Å². The van der Waals surface area contributed by atoms with Crippen LogP contribution in [0, 0.1) is 0 Å². The third-order valence-corrected chi connectivity index (χ3v) is 6.28. The molecule has 0 saturated carbocycles. The van der Waals surface area contributed by atoms with Crippen molar-refractivity contribution in [2.24, 2.45) is 0 Å². The van der Waals surface area contributed by atoms with Gasteiger partial charge in [0.15, 0.2) is 5.82 Å². The molecule has 3 aromatic rings. The summed E-state index contributed by atoms with van der Waals surface area (Å²) in [6, 6.07) is 9.44. The van der Waals surface area contributed by atoms with Gasteiger partial charge in [-0.1, -0.05) is 11.6 Å². The Morgan fingerprint density at radius 2 is 1.87 bits per heavy atom. The van der Waals surface area contributed by atoms with Crippen molar-refractivity contribution in [3.8, 4) is 5.69 Å². The Bertz CT molecular complexity index is 1040. The monoisotopic (exact) mass is 424 g/mol. The smallest absolute Gasteiger partial charge is 0.245 e. The fourth-order valence-electron chi connectivity index (χ4n) is 4.48. The van der Waals surface area contributed by atoms with Crippen molar-refractivity contribution in [1.29, 1.82) is 0 Å². The van der Waals surface area contributed by atoms with Crippen LogP contribution in [0.15, 0.2) is 42.7 Å². The zero-order valence-corrected chi connectivity index (χ0v) is 17.6. The number of amides is 1. The minimum absolute atomic E-state index is 0.165. The molecule has 2 aliphatic heterocycles. The number of nitrogens with one attached hydrogen (secondary N) is 1. The third kappa shape index (κ3) is 3.52. The molecule has 0 bridgehead atoms. The molecular weight excluding hydrogens is 400 g/mol. The topological polar surface area (TPSA) is 66.3 Å². The summed E-state index contributed by atoms with van der Waals surface area (Å²) >= 11 is 6.08. The molecule has 7 nitrogen and oxygen atoms in total. The molecule has 1 unspecified atom stereocenters. The molecule has 0 aliphatic carbocycles. The maximum atomic E-state index is 13.4. The zero-order chi connectivity index (χ0) is 20.5. The second-order valence-electron chi connectivity index (χ2n) is 7.88. The highest BCUT2D eigenvalue weighted by Gasteiger charge is 2.34. The van der Waals surface area contributed by atoms with E-state index in [0.717, 1.165) is 74.4 Å². The van der Waals surface area contributed by atoms with Crippen molar-refractivity contribution in [1.82, 2.24) is 25.0 Å². The molecule has 156 valence electrons. The molecule has 1 aromatic carbocycles. The fraction of sp³-hybridized carbons (Fsp3) is 0.409. The molecule has 2 fully saturated rings. The molecule has 30 heavy (non-hydrogen) atoms. The van der Waals surface area contributed by atoms with Crippen molar-refractivity contribution in [3.63, 3.8) is 0 Å². The first-order valence-corrected chi connectivity index (χ1v) is 10.9. The number of piperidine rings is 1. The van der Waals surface area contributed by atoms with Crippen LogP contribution in [0.1, 0.15) is 19.3 Å². The predicted octanol–water partition coefficient (Wildman–Crippen LogP) is 2.86. The number of carbonyl (C=O) groups is 1. The highest BCUT2D eigenvalue weighted by molar-refractivity contribution is 6.30. The van der Waals surface area contributed by atoms with Gasteiger partial charge in [-0.05, 0) is 49.6 Å². The Balaban J connectivity index is 1.55. The second kappa shape index (κ2) is 8.24. The van der Waals surface area contributed by atoms with E-state index in [4.69, 9.17) is 16.7 Å². The van der Waals surface area contributed by atoms with Gasteiger partial charge >= 0.3 is 0 Å². The summed E-state index contributed by atoms with van der Waals surface area (Å²) in [6.45, 7) is 4.09. The van der Waals surface area contributed by atoms with Crippen molar-refractivity contribution in [3.05, 3.63) is 47.7 Å². The molecule has 4 heterocycles. The predicted molar refractivity (Wildman–Crippen MR) is 118 cm³/mol. The number of halogens is 1. The molecule has 5 rings (SSSR count). The number of piperazine rings is 1. The van der Waals surface area contributed by atoms with Crippen LogP contribution >= 0.6 is 11.6 Å². The number of pyridine rings is 1. The largest absolute Gasteiger partial charge is 0.343 e. The summed E-state index contributed by atoms with van der Waals surface area (Å²) in [5, 5.41) is 9.99. The minimum atomic E-state index is -0.165. The molecule has 1 N–H and O–H groups in total. The van der Waals surface area contributed by atoms with Crippen LogP contribution in [-0.4, -0.2) is 64.3 Å². The van der Waals surface area contributed by atoms with Gasteiger partial charge in [0, 0.05) is 49.3 Å². The number of hydrogen-bond acceptors (Lipinski definition) is 5. The lowest BCUT2D eigenvalue weighted by Gasteiger charge is -2.39. The van der Waals surface area contributed by atoms with E-state index in [-0.39, 0.29) is 11.9 Å². The van der Waals surface area contributed by atoms with Crippen molar-refractivity contribution in [2.45, 2.75) is 25.3 Å². The van der Waals surface area contributed by atoms with E-state index >= 15 is 0 Å². The molecule has 0 spiro atoms. The number of benzene rings is 1. The number of hydrogen-bond donors (Lipinski definition) is 1.